The van der Waals surface area contributed by atoms with E-state index in [1.165, 1.54) is 24.8 Å². The molecule has 0 N–H and O–H groups in total. The van der Waals surface area contributed by atoms with Crippen molar-refractivity contribution in [2.75, 3.05) is 6.61 Å². The molecule has 1 heterocycles. The summed E-state index contributed by atoms with van der Waals surface area (Å²) >= 11 is 0. The van der Waals surface area contributed by atoms with Crippen LogP contribution in [0, 0.1) is 37.0 Å². The first kappa shape index (κ1) is 34.3. The van der Waals surface area contributed by atoms with E-state index in [2.05, 4.69) is 54.6 Å². The molecule has 5 unspecified atom stereocenters. The van der Waals surface area contributed by atoms with E-state index in [0.29, 0.717) is 23.9 Å². The van der Waals surface area contributed by atoms with Gasteiger partial charge in [-0.05, 0) is 30.6 Å². The van der Waals surface area contributed by atoms with Gasteiger partial charge in [0.25, 0.3) is 0 Å². The van der Waals surface area contributed by atoms with Crippen molar-refractivity contribution >= 4 is 34.7 Å². The number of allylic oxidation sites excluding steroid dienone is 2. The van der Waals surface area contributed by atoms with Gasteiger partial charge in [0.2, 0.25) is 0 Å². The topological polar surface area (TPSA) is 26.3 Å². The Balaban J connectivity index is 0.00000363. The van der Waals surface area contributed by atoms with Crippen molar-refractivity contribution in [3.05, 3.63) is 49.7 Å². The van der Waals surface area contributed by atoms with Crippen LogP contribution in [-0.2, 0) is 51.7 Å². The van der Waals surface area contributed by atoms with Gasteiger partial charge in [-0.15, -0.1) is 0 Å². The van der Waals surface area contributed by atoms with Gasteiger partial charge < -0.3 is 19.1 Å². The maximum atomic E-state index is 12.5. The first-order chi connectivity index (χ1) is 14.8. The first-order valence-electron chi connectivity index (χ1n) is 12.2. The number of fused-ring (bicyclic) bond motifs is 1. The minimum atomic E-state index is -0.224. The zero-order valence-electron chi connectivity index (χ0n) is 21.9. The largest absolute Gasteiger partial charge is 2.00 e. The Hall–Kier alpha value is 0.326. The van der Waals surface area contributed by atoms with Gasteiger partial charge in [0.05, 0.1) is 5.57 Å². The SMILES string of the molecule is [B][B]B(CC)C1=C(/C=C/C2C(=C)CCC3C(C)(C[CH2-])C([B]CC)CCC23C)C(=O)OC1.[CH3-].[W+2].[W]. The predicted molar refractivity (Wildman–Crippen MR) is 142 cm³/mol. The smallest absolute Gasteiger partial charge is 0.458 e. The summed E-state index contributed by atoms with van der Waals surface area (Å²) in [5.74, 6) is 1.28. The molecule has 34 heavy (non-hydrogen) atoms. The van der Waals surface area contributed by atoms with E-state index in [1.54, 1.807) is 7.06 Å². The zero-order valence-corrected chi connectivity index (χ0v) is 27.8. The molecule has 2 nitrogen and oxygen atoms in total. The van der Waals surface area contributed by atoms with E-state index < -0.39 is 0 Å². The van der Waals surface area contributed by atoms with E-state index in [4.69, 9.17) is 12.5 Å². The summed E-state index contributed by atoms with van der Waals surface area (Å²) in [4.78, 5) is 12.5. The summed E-state index contributed by atoms with van der Waals surface area (Å²) < 4.78 is 5.38. The molecule has 2 aliphatic carbocycles. The molecule has 0 aromatic heterocycles. The summed E-state index contributed by atoms with van der Waals surface area (Å²) in [5.41, 5.74) is 3.36. The molecule has 0 aromatic carbocycles. The van der Waals surface area contributed by atoms with Gasteiger partial charge in [-0.2, -0.15) is 6.42 Å². The quantitative estimate of drug-likeness (QED) is 0.136. The maximum absolute atomic E-state index is 12.5. The Kier molecular flexibility index (Phi) is 14.5. The summed E-state index contributed by atoms with van der Waals surface area (Å²) in [7, 11) is 10.1. The van der Waals surface area contributed by atoms with Crippen LogP contribution in [0.2, 0.25) is 18.5 Å². The molecule has 0 saturated heterocycles. The minimum Gasteiger partial charge on any atom is -0.458 e. The van der Waals surface area contributed by atoms with Gasteiger partial charge in [-0.1, -0.05) is 87.8 Å². The van der Waals surface area contributed by atoms with Crippen molar-refractivity contribution in [3.63, 3.8) is 0 Å². The van der Waals surface area contributed by atoms with E-state index in [0.717, 1.165) is 31.0 Å². The van der Waals surface area contributed by atoms with Crippen LogP contribution >= 0.6 is 0 Å². The van der Waals surface area contributed by atoms with Crippen LogP contribution in [-0.4, -0.2) is 41.3 Å². The fourth-order valence-electron chi connectivity index (χ4n) is 6.96. The van der Waals surface area contributed by atoms with Crippen LogP contribution in [0.15, 0.2) is 35.3 Å². The second kappa shape index (κ2) is 14.3. The Labute approximate surface area is 242 Å². The molecule has 0 spiro atoms. The van der Waals surface area contributed by atoms with Gasteiger partial charge in [0.1, 0.15) is 20.5 Å². The molecule has 2 fully saturated rings. The van der Waals surface area contributed by atoms with Crippen LogP contribution < -0.4 is 0 Å². The molecule has 3 rings (SSSR count). The number of esters is 1. The zero-order chi connectivity index (χ0) is 22.8. The molecule has 1 aliphatic heterocycles. The maximum Gasteiger partial charge on any atom is 2.00 e. The number of carbonyl (C=O) groups is 1. The third kappa shape index (κ3) is 6.24. The van der Waals surface area contributed by atoms with Crippen LogP contribution in [0.5, 0.6) is 0 Å². The van der Waals surface area contributed by atoms with Gasteiger partial charge in [0, 0.05) is 41.8 Å². The monoisotopic (exact) mass is 796 g/mol. The van der Waals surface area contributed by atoms with E-state index >= 15 is 0 Å². The normalized spacial score (nSPS) is 32.7. The summed E-state index contributed by atoms with van der Waals surface area (Å²) in [6.07, 6.45) is 11.9. The fourth-order valence-corrected chi connectivity index (χ4v) is 6.96. The third-order valence-corrected chi connectivity index (χ3v) is 8.90. The molecule has 5 atom stereocenters. The fraction of sp³-hybridized carbons (Fsp3) is 0.654. The van der Waals surface area contributed by atoms with E-state index in [-0.39, 0.29) is 78.9 Å². The van der Waals surface area contributed by atoms with E-state index in [9.17, 15) is 4.79 Å². The Morgan fingerprint density at radius 3 is 2.56 bits per heavy atom. The second-order valence-electron chi connectivity index (χ2n) is 10.4. The molecule has 0 bridgehead atoms. The molecular weight excluding hydrogens is 755 g/mol. The second-order valence-corrected chi connectivity index (χ2v) is 10.4. The van der Waals surface area contributed by atoms with Crippen molar-refractivity contribution in [1.29, 1.82) is 0 Å². The van der Waals surface area contributed by atoms with Crippen LogP contribution in [0.1, 0.15) is 59.8 Å². The minimum absolute atomic E-state index is 0. The Bertz CT molecular complexity index is 768. The van der Waals surface area contributed by atoms with Crippen LogP contribution in [0.3, 0.4) is 0 Å². The standard InChI is InChI=1S/C25H37B4O2.CH3.2W/c1-7-24(5)21-13-10-17(4)19(25(21,6)15-14-22(24)27-8-2)12-11-18-20(16-31-23(18)30)29(9-3)28-26;;;/h11-12,19,21-22H,1,4,7-10,13-16H2,2-3,5-6H3;1H3;;/q2*-1;;+2/b12-11+;;;. The van der Waals surface area contributed by atoms with Gasteiger partial charge in [-0.3, -0.25) is 0 Å². The van der Waals surface area contributed by atoms with Crippen LogP contribution in [0.25, 0.3) is 0 Å². The molecule has 4 radical (unpaired) electrons. The summed E-state index contributed by atoms with van der Waals surface area (Å²) in [5, 5.41) is 0. The molecule has 180 valence electrons. The number of ether oxygens (including phenoxy) is 1. The average Bonchev–Trinajstić information content (AvgIpc) is 3.11. The number of rotatable bonds is 8. The molecule has 2 saturated carbocycles. The van der Waals surface area contributed by atoms with Crippen molar-refractivity contribution < 1.29 is 51.7 Å². The molecule has 3 aliphatic rings. The van der Waals surface area contributed by atoms with Gasteiger partial charge in [0.15, 0.2) is 0 Å². The molecule has 0 amide bonds. The van der Waals surface area contributed by atoms with Crippen molar-refractivity contribution in [2.45, 2.75) is 78.3 Å². The Morgan fingerprint density at radius 2 is 2.00 bits per heavy atom. The first-order valence-corrected chi connectivity index (χ1v) is 12.2. The molecule has 0 aromatic rings. The number of hydrogen-bond acceptors (Lipinski definition) is 2. The van der Waals surface area contributed by atoms with Crippen LogP contribution in [0.4, 0.5) is 0 Å². The van der Waals surface area contributed by atoms with Crippen molar-refractivity contribution in [1.82, 2.24) is 0 Å². The van der Waals surface area contributed by atoms with Gasteiger partial charge in [-0.25, -0.2) is 4.79 Å². The molecule has 8 heteroatoms. The summed E-state index contributed by atoms with van der Waals surface area (Å²) in [6.45, 7) is 18.6. The van der Waals surface area contributed by atoms with E-state index in [1.807, 2.05) is 6.08 Å². The number of cyclic esters (lactones) is 1. The summed E-state index contributed by atoms with van der Waals surface area (Å²) in [6, 6.07) is 0. The van der Waals surface area contributed by atoms with Crippen molar-refractivity contribution in [3.8, 4) is 0 Å². The Morgan fingerprint density at radius 1 is 1.32 bits per heavy atom. The predicted octanol–water partition coefficient (Wildman–Crippen LogP) is 5.72. The molecular formula is C26H40B4O2W2. The number of carbonyl (C=O) groups excluding carboxylic acids is 1. The van der Waals surface area contributed by atoms with Gasteiger partial charge >= 0.3 is 27.0 Å². The average molecular weight is 796 g/mol. The third-order valence-electron chi connectivity index (χ3n) is 8.90. The number of hydrogen-bond donors (Lipinski definition) is 0. The van der Waals surface area contributed by atoms with Crippen molar-refractivity contribution in [2.24, 2.45) is 22.7 Å².